The summed E-state index contributed by atoms with van der Waals surface area (Å²) in [5.74, 6) is 1.34. The molecule has 2 N–H and O–H groups in total. The minimum Gasteiger partial charge on any atom is -0.497 e. The third-order valence-electron chi connectivity index (χ3n) is 3.58. The highest BCUT2D eigenvalue weighted by molar-refractivity contribution is 7.92. The SMILES string of the molecule is COc1cccc(Nc2ccc(NS(=O)(=O)c3ccc(C)cc3)nn2)c1. The normalized spacial score (nSPS) is 11.0. The summed E-state index contributed by atoms with van der Waals surface area (Å²) >= 11 is 0. The van der Waals surface area contributed by atoms with Crippen LogP contribution in [0.1, 0.15) is 5.56 Å². The lowest BCUT2D eigenvalue weighted by molar-refractivity contribution is 0.415. The lowest BCUT2D eigenvalue weighted by Crippen LogP contribution is -2.14. The van der Waals surface area contributed by atoms with Crippen molar-refractivity contribution in [1.82, 2.24) is 10.2 Å². The summed E-state index contributed by atoms with van der Waals surface area (Å²) in [4.78, 5) is 0.170. The molecule has 0 aliphatic rings. The summed E-state index contributed by atoms with van der Waals surface area (Å²) < 4.78 is 32.3. The largest absolute Gasteiger partial charge is 0.497 e. The van der Waals surface area contributed by atoms with Crippen molar-refractivity contribution in [3.8, 4) is 5.75 Å². The molecular formula is C18H18N4O3S. The number of aromatic nitrogens is 2. The second kappa shape index (κ2) is 7.40. The summed E-state index contributed by atoms with van der Waals surface area (Å²) in [6.07, 6.45) is 0. The smallest absolute Gasteiger partial charge is 0.263 e. The maximum Gasteiger partial charge on any atom is 0.263 e. The van der Waals surface area contributed by atoms with Crippen LogP contribution in [0.5, 0.6) is 5.75 Å². The van der Waals surface area contributed by atoms with E-state index >= 15 is 0 Å². The molecule has 0 spiro atoms. The van der Waals surface area contributed by atoms with Gasteiger partial charge in [-0.15, -0.1) is 10.2 Å². The zero-order chi connectivity index (χ0) is 18.6. The molecule has 7 nitrogen and oxygen atoms in total. The van der Waals surface area contributed by atoms with Gasteiger partial charge in [-0.3, -0.25) is 4.72 Å². The lowest BCUT2D eigenvalue weighted by Gasteiger charge is -2.09. The van der Waals surface area contributed by atoms with E-state index < -0.39 is 10.0 Å². The highest BCUT2D eigenvalue weighted by Gasteiger charge is 2.14. The van der Waals surface area contributed by atoms with E-state index in [4.69, 9.17) is 4.74 Å². The van der Waals surface area contributed by atoms with Crippen molar-refractivity contribution in [1.29, 1.82) is 0 Å². The van der Waals surface area contributed by atoms with E-state index in [9.17, 15) is 8.42 Å². The maximum absolute atomic E-state index is 12.4. The van der Waals surface area contributed by atoms with E-state index in [1.165, 1.54) is 0 Å². The van der Waals surface area contributed by atoms with Gasteiger partial charge in [0.1, 0.15) is 5.75 Å². The van der Waals surface area contributed by atoms with Crippen LogP contribution in [0, 0.1) is 6.92 Å². The van der Waals surface area contributed by atoms with Gasteiger partial charge in [-0.05, 0) is 43.3 Å². The van der Waals surface area contributed by atoms with E-state index in [2.05, 4.69) is 20.2 Å². The van der Waals surface area contributed by atoms with Gasteiger partial charge in [0.15, 0.2) is 11.6 Å². The van der Waals surface area contributed by atoms with Crippen molar-refractivity contribution < 1.29 is 13.2 Å². The number of hydrogen-bond donors (Lipinski definition) is 2. The fourth-order valence-electron chi connectivity index (χ4n) is 2.22. The molecule has 0 atom stereocenters. The standard InChI is InChI=1S/C18H18N4O3S/c1-13-6-8-16(9-7-13)26(23,24)22-18-11-10-17(20-21-18)19-14-4-3-5-15(12-14)25-2/h3-12H,1-2H3,(H,19,20)(H,21,22). The maximum atomic E-state index is 12.4. The molecule has 0 bridgehead atoms. The number of anilines is 3. The molecule has 1 aromatic heterocycles. The van der Waals surface area contributed by atoms with Gasteiger partial charge in [0.2, 0.25) is 0 Å². The van der Waals surface area contributed by atoms with Gasteiger partial charge in [0.05, 0.1) is 12.0 Å². The molecule has 0 aliphatic carbocycles. The molecule has 2 aromatic carbocycles. The van der Waals surface area contributed by atoms with E-state index in [0.717, 1.165) is 11.3 Å². The quantitative estimate of drug-likeness (QED) is 0.691. The predicted octanol–water partition coefficient (Wildman–Crippen LogP) is 3.34. The van der Waals surface area contributed by atoms with E-state index in [1.807, 2.05) is 31.2 Å². The molecule has 0 saturated carbocycles. The van der Waals surface area contributed by atoms with Crippen molar-refractivity contribution in [2.24, 2.45) is 0 Å². The summed E-state index contributed by atoms with van der Waals surface area (Å²) in [5.41, 5.74) is 1.77. The topological polar surface area (TPSA) is 93.2 Å². The third kappa shape index (κ3) is 4.28. The molecule has 8 heteroatoms. The number of rotatable bonds is 6. The van der Waals surface area contributed by atoms with Crippen LogP contribution in [0.3, 0.4) is 0 Å². The number of sulfonamides is 1. The molecular weight excluding hydrogens is 352 g/mol. The number of aryl methyl sites for hydroxylation is 1. The third-order valence-corrected chi connectivity index (χ3v) is 4.95. The fourth-order valence-corrected chi connectivity index (χ4v) is 3.21. The number of nitrogens with zero attached hydrogens (tertiary/aromatic N) is 2. The molecule has 0 amide bonds. The lowest BCUT2D eigenvalue weighted by atomic mass is 10.2. The van der Waals surface area contributed by atoms with Gasteiger partial charge >= 0.3 is 0 Å². The van der Waals surface area contributed by atoms with E-state index in [1.54, 1.807) is 43.5 Å². The predicted molar refractivity (Wildman–Crippen MR) is 100 cm³/mol. The molecule has 134 valence electrons. The van der Waals surface area contributed by atoms with Gasteiger partial charge in [0, 0.05) is 11.8 Å². The fraction of sp³-hybridized carbons (Fsp3) is 0.111. The van der Waals surface area contributed by atoms with Crippen LogP contribution in [-0.4, -0.2) is 25.7 Å². The van der Waals surface area contributed by atoms with Crippen LogP contribution in [0.15, 0.2) is 65.6 Å². The Hall–Kier alpha value is -3.13. The van der Waals surface area contributed by atoms with Gasteiger partial charge in [-0.2, -0.15) is 0 Å². The summed E-state index contributed by atoms with van der Waals surface area (Å²) in [6.45, 7) is 1.89. The molecule has 26 heavy (non-hydrogen) atoms. The van der Waals surface area contributed by atoms with Crippen LogP contribution in [-0.2, 0) is 10.0 Å². The summed E-state index contributed by atoms with van der Waals surface area (Å²) in [6, 6.07) is 17.1. The molecule has 0 fully saturated rings. The summed E-state index contributed by atoms with van der Waals surface area (Å²) in [7, 11) is -2.11. The van der Waals surface area contributed by atoms with E-state index in [0.29, 0.717) is 11.6 Å². The second-order valence-corrected chi connectivity index (χ2v) is 7.26. The number of nitrogens with one attached hydrogen (secondary N) is 2. The molecule has 3 aromatic rings. The van der Waals surface area contributed by atoms with Crippen molar-refractivity contribution in [3.05, 3.63) is 66.2 Å². The molecule has 3 rings (SSSR count). The van der Waals surface area contributed by atoms with Crippen molar-refractivity contribution in [2.75, 3.05) is 17.1 Å². The van der Waals surface area contributed by atoms with E-state index in [-0.39, 0.29) is 10.7 Å². The van der Waals surface area contributed by atoms with Gasteiger partial charge < -0.3 is 10.1 Å². The molecule has 0 aliphatic heterocycles. The number of ether oxygens (including phenoxy) is 1. The first-order chi connectivity index (χ1) is 12.5. The molecule has 1 heterocycles. The molecule has 0 unspecified atom stereocenters. The monoisotopic (exact) mass is 370 g/mol. The molecule has 0 radical (unpaired) electrons. The number of methoxy groups -OCH3 is 1. The Morgan fingerprint density at radius 2 is 1.62 bits per heavy atom. The zero-order valence-electron chi connectivity index (χ0n) is 14.3. The first kappa shape index (κ1) is 17.7. The highest BCUT2D eigenvalue weighted by Crippen LogP contribution is 2.21. The average molecular weight is 370 g/mol. The number of benzene rings is 2. The van der Waals surface area contributed by atoms with Crippen LogP contribution < -0.4 is 14.8 Å². The van der Waals surface area contributed by atoms with Gasteiger partial charge in [-0.1, -0.05) is 23.8 Å². The average Bonchev–Trinajstić information content (AvgIpc) is 2.64. The Kier molecular flexibility index (Phi) is 5.04. The van der Waals surface area contributed by atoms with Crippen molar-refractivity contribution in [3.63, 3.8) is 0 Å². The first-order valence-corrected chi connectivity index (χ1v) is 9.29. The Morgan fingerprint density at radius 1 is 0.923 bits per heavy atom. The Morgan fingerprint density at radius 3 is 2.27 bits per heavy atom. The second-order valence-electron chi connectivity index (χ2n) is 5.58. The molecule has 0 saturated heterocycles. The van der Waals surface area contributed by atoms with Crippen LogP contribution in [0.2, 0.25) is 0 Å². The zero-order valence-corrected chi connectivity index (χ0v) is 15.1. The minimum atomic E-state index is -3.70. The summed E-state index contributed by atoms with van der Waals surface area (Å²) in [5, 5.41) is 11.0. The number of hydrogen-bond acceptors (Lipinski definition) is 6. The van der Waals surface area contributed by atoms with Crippen LogP contribution in [0.4, 0.5) is 17.3 Å². The van der Waals surface area contributed by atoms with Gasteiger partial charge in [0.25, 0.3) is 10.0 Å². The van der Waals surface area contributed by atoms with Crippen LogP contribution in [0.25, 0.3) is 0 Å². The highest BCUT2D eigenvalue weighted by atomic mass is 32.2. The Balaban J connectivity index is 1.72. The Labute approximate surface area is 152 Å². The minimum absolute atomic E-state index is 0.141. The van der Waals surface area contributed by atoms with Crippen molar-refractivity contribution in [2.45, 2.75) is 11.8 Å². The Bertz CT molecular complexity index is 988. The first-order valence-electron chi connectivity index (χ1n) is 7.80. The van der Waals surface area contributed by atoms with Crippen LogP contribution >= 0.6 is 0 Å². The van der Waals surface area contributed by atoms with Gasteiger partial charge in [-0.25, -0.2) is 8.42 Å². The van der Waals surface area contributed by atoms with Crippen molar-refractivity contribution >= 4 is 27.3 Å².